The summed E-state index contributed by atoms with van der Waals surface area (Å²) in [6.45, 7) is 2.23. The average Bonchev–Trinajstić information content (AvgIpc) is 2.46. The lowest BCUT2D eigenvalue weighted by Crippen LogP contribution is -2.17. The fourth-order valence-electron chi connectivity index (χ4n) is 1.22. The van der Waals surface area contributed by atoms with Gasteiger partial charge in [-0.25, -0.2) is 0 Å². The van der Waals surface area contributed by atoms with Gasteiger partial charge < -0.3 is 10.1 Å². The Bertz CT molecular complexity index is 95.1. The summed E-state index contributed by atoms with van der Waals surface area (Å²) in [5, 5.41) is 3.28. The Kier molecular flexibility index (Phi) is 1.44. The van der Waals surface area contributed by atoms with Gasteiger partial charge in [-0.15, -0.1) is 0 Å². The maximum atomic E-state index is 5.66. The summed E-state index contributed by atoms with van der Waals surface area (Å²) in [7, 11) is 0. The first-order chi connectivity index (χ1) is 4.45. The Morgan fingerprint density at radius 1 is 1.11 bits per heavy atom. The highest BCUT2D eigenvalue weighted by Crippen LogP contribution is 2.26. The van der Waals surface area contributed by atoms with Gasteiger partial charge in [-0.05, 0) is 25.8 Å². The fraction of sp³-hybridized carbons (Fsp3) is 1.00. The molecule has 2 rings (SSSR count). The Morgan fingerprint density at radius 3 is 2.56 bits per heavy atom. The first kappa shape index (κ1) is 5.69. The molecule has 1 atom stereocenters. The highest BCUT2D eigenvalue weighted by atomic mass is 16.5. The maximum absolute atomic E-state index is 5.66. The summed E-state index contributed by atoms with van der Waals surface area (Å²) in [5.74, 6) is 0. The molecule has 1 N–H and O–H groups in total. The van der Waals surface area contributed by atoms with E-state index >= 15 is 0 Å². The van der Waals surface area contributed by atoms with Crippen LogP contribution in [0.25, 0.3) is 0 Å². The van der Waals surface area contributed by atoms with Gasteiger partial charge in [0.2, 0.25) is 0 Å². The molecule has 0 bridgehead atoms. The lowest BCUT2D eigenvalue weighted by molar-refractivity contribution is 0.0536. The van der Waals surface area contributed by atoms with Crippen molar-refractivity contribution in [3.8, 4) is 0 Å². The monoisotopic (exact) mass is 127 g/mol. The van der Waals surface area contributed by atoms with E-state index in [9.17, 15) is 0 Å². The van der Waals surface area contributed by atoms with Crippen LogP contribution in [0.5, 0.6) is 0 Å². The van der Waals surface area contributed by atoms with Crippen molar-refractivity contribution in [3.05, 3.63) is 0 Å². The van der Waals surface area contributed by atoms with E-state index in [0.717, 1.165) is 13.1 Å². The summed E-state index contributed by atoms with van der Waals surface area (Å²) >= 11 is 0. The normalized spacial score (nSPS) is 35.3. The number of hydrogen-bond donors (Lipinski definition) is 1. The number of ether oxygens (including phenoxy) is 1. The van der Waals surface area contributed by atoms with E-state index in [-0.39, 0.29) is 0 Å². The molecule has 0 aromatic carbocycles. The molecule has 1 saturated heterocycles. The number of nitrogens with one attached hydrogen (secondary N) is 1. The van der Waals surface area contributed by atoms with Crippen LogP contribution in [0.1, 0.15) is 19.3 Å². The van der Waals surface area contributed by atoms with Crippen molar-refractivity contribution in [3.63, 3.8) is 0 Å². The van der Waals surface area contributed by atoms with E-state index in [0.29, 0.717) is 12.2 Å². The van der Waals surface area contributed by atoms with Crippen LogP contribution in [0.2, 0.25) is 0 Å². The summed E-state index contributed by atoms with van der Waals surface area (Å²) in [4.78, 5) is 0. The molecule has 2 heteroatoms. The quantitative estimate of drug-likeness (QED) is 0.584. The average molecular weight is 127 g/mol. The Balaban J connectivity index is 1.70. The molecule has 0 amide bonds. The van der Waals surface area contributed by atoms with Gasteiger partial charge in [-0.2, -0.15) is 0 Å². The maximum Gasteiger partial charge on any atom is 0.0715 e. The Morgan fingerprint density at radius 2 is 2.00 bits per heavy atom. The van der Waals surface area contributed by atoms with E-state index in [4.69, 9.17) is 4.74 Å². The molecule has 2 aliphatic rings. The first-order valence-corrected chi connectivity index (χ1v) is 3.81. The van der Waals surface area contributed by atoms with Crippen molar-refractivity contribution in [2.24, 2.45) is 0 Å². The molecule has 1 heterocycles. The van der Waals surface area contributed by atoms with Crippen LogP contribution in [-0.2, 0) is 4.74 Å². The molecule has 2 fully saturated rings. The third kappa shape index (κ3) is 1.43. The molecule has 9 heavy (non-hydrogen) atoms. The summed E-state index contributed by atoms with van der Waals surface area (Å²) in [6.07, 6.45) is 5.00. The van der Waals surface area contributed by atoms with E-state index in [2.05, 4.69) is 5.32 Å². The molecule has 2 nitrogen and oxygen atoms in total. The minimum Gasteiger partial charge on any atom is -0.374 e. The van der Waals surface area contributed by atoms with Crippen LogP contribution in [0.15, 0.2) is 0 Å². The van der Waals surface area contributed by atoms with Crippen LogP contribution in [0.4, 0.5) is 0 Å². The molecule has 0 spiro atoms. The highest BCUT2D eigenvalue weighted by molar-refractivity contribution is 4.79. The van der Waals surface area contributed by atoms with Gasteiger partial charge in [0.15, 0.2) is 0 Å². The molecule has 0 aromatic rings. The minimum atomic E-state index is 0.539. The van der Waals surface area contributed by atoms with Crippen LogP contribution in [0.3, 0.4) is 0 Å². The van der Waals surface area contributed by atoms with Crippen LogP contribution in [0, 0.1) is 0 Å². The van der Waals surface area contributed by atoms with Crippen molar-refractivity contribution in [2.75, 3.05) is 13.1 Å². The predicted molar refractivity (Wildman–Crippen MR) is 35.4 cm³/mol. The molecule has 0 aromatic heterocycles. The molecule has 0 unspecified atom stereocenters. The van der Waals surface area contributed by atoms with Crippen molar-refractivity contribution in [2.45, 2.75) is 31.5 Å². The van der Waals surface area contributed by atoms with Gasteiger partial charge in [0.05, 0.1) is 12.2 Å². The summed E-state index contributed by atoms with van der Waals surface area (Å²) in [6, 6.07) is 0. The van der Waals surface area contributed by atoms with Gasteiger partial charge in [0.25, 0.3) is 0 Å². The lowest BCUT2D eigenvalue weighted by Gasteiger charge is -2.07. The van der Waals surface area contributed by atoms with Gasteiger partial charge in [0.1, 0.15) is 0 Å². The van der Waals surface area contributed by atoms with Gasteiger partial charge in [-0.3, -0.25) is 0 Å². The molecular formula is C7H13NO. The van der Waals surface area contributed by atoms with Crippen molar-refractivity contribution in [1.29, 1.82) is 0 Å². The second kappa shape index (κ2) is 2.27. The fourth-order valence-corrected chi connectivity index (χ4v) is 1.22. The molecule has 52 valence electrons. The highest BCUT2D eigenvalue weighted by Gasteiger charge is 2.27. The number of rotatable bonds is 2. The Hall–Kier alpha value is -0.0800. The van der Waals surface area contributed by atoms with E-state index < -0.39 is 0 Å². The predicted octanol–water partition coefficient (Wildman–Crippen LogP) is 0.527. The first-order valence-electron chi connectivity index (χ1n) is 3.81. The number of hydrogen-bond acceptors (Lipinski definition) is 2. The van der Waals surface area contributed by atoms with E-state index in [1.54, 1.807) is 0 Å². The minimum absolute atomic E-state index is 0.539. The second-order valence-corrected chi connectivity index (χ2v) is 2.95. The van der Waals surface area contributed by atoms with Crippen molar-refractivity contribution >= 4 is 0 Å². The standard InChI is InChI=1S/C7H13NO/c1-2-6(1)9-7-3-4-8-5-7/h6-8H,1-5H2/t7-/m0/s1. The SMILES string of the molecule is C1C[C@H](OC2CC2)CN1. The zero-order valence-corrected chi connectivity index (χ0v) is 5.60. The van der Waals surface area contributed by atoms with Crippen LogP contribution < -0.4 is 5.32 Å². The van der Waals surface area contributed by atoms with Crippen molar-refractivity contribution in [1.82, 2.24) is 5.32 Å². The van der Waals surface area contributed by atoms with E-state index in [1.165, 1.54) is 19.3 Å². The van der Waals surface area contributed by atoms with Gasteiger partial charge in [-0.1, -0.05) is 0 Å². The van der Waals surface area contributed by atoms with E-state index in [1.807, 2.05) is 0 Å². The smallest absolute Gasteiger partial charge is 0.0715 e. The summed E-state index contributed by atoms with van der Waals surface area (Å²) in [5.41, 5.74) is 0. The molecular weight excluding hydrogens is 114 g/mol. The zero-order chi connectivity index (χ0) is 6.10. The van der Waals surface area contributed by atoms with Crippen molar-refractivity contribution < 1.29 is 4.74 Å². The van der Waals surface area contributed by atoms with Crippen LogP contribution in [-0.4, -0.2) is 25.3 Å². The molecule has 1 aliphatic heterocycles. The second-order valence-electron chi connectivity index (χ2n) is 2.95. The largest absolute Gasteiger partial charge is 0.374 e. The molecule has 1 saturated carbocycles. The Labute approximate surface area is 55.6 Å². The third-order valence-corrected chi connectivity index (χ3v) is 1.92. The third-order valence-electron chi connectivity index (χ3n) is 1.92. The molecule has 0 radical (unpaired) electrons. The zero-order valence-electron chi connectivity index (χ0n) is 5.60. The van der Waals surface area contributed by atoms with Crippen LogP contribution >= 0.6 is 0 Å². The topological polar surface area (TPSA) is 21.3 Å². The van der Waals surface area contributed by atoms with Gasteiger partial charge in [0, 0.05) is 6.54 Å². The molecule has 1 aliphatic carbocycles. The summed E-state index contributed by atoms with van der Waals surface area (Å²) < 4.78 is 5.66. The van der Waals surface area contributed by atoms with Gasteiger partial charge >= 0.3 is 0 Å². The lowest BCUT2D eigenvalue weighted by atomic mass is 10.3.